The van der Waals surface area contributed by atoms with Crippen LogP contribution in [0.3, 0.4) is 0 Å². The topological polar surface area (TPSA) is 122 Å². The fourth-order valence-corrected chi connectivity index (χ4v) is 1.90. The van der Waals surface area contributed by atoms with Gasteiger partial charge in [0.25, 0.3) is 0 Å². The van der Waals surface area contributed by atoms with Crippen LogP contribution in [0, 0.1) is 0 Å². The first kappa shape index (κ1) is 10.8. The molecule has 0 saturated carbocycles. The second-order valence-electron chi connectivity index (χ2n) is 3.01. The molecule has 16 heavy (non-hydrogen) atoms. The summed E-state index contributed by atoms with van der Waals surface area (Å²) in [7, 11) is -4.39. The van der Waals surface area contributed by atoms with Crippen LogP contribution in [0.4, 0.5) is 5.82 Å². The van der Waals surface area contributed by atoms with E-state index < -0.39 is 7.60 Å². The Morgan fingerprint density at radius 1 is 1.38 bits per heavy atom. The summed E-state index contributed by atoms with van der Waals surface area (Å²) in [6.07, 6.45) is 3.81. The summed E-state index contributed by atoms with van der Waals surface area (Å²) in [4.78, 5) is 25.8. The molecular formula is C8H8N3O4P. The van der Waals surface area contributed by atoms with Crippen molar-refractivity contribution in [3.63, 3.8) is 0 Å². The highest BCUT2D eigenvalue weighted by Gasteiger charge is 2.25. The van der Waals surface area contributed by atoms with E-state index in [1.54, 1.807) is 0 Å². The quantitative estimate of drug-likeness (QED) is 0.638. The molecule has 7 nitrogen and oxygen atoms in total. The second-order valence-corrected chi connectivity index (χ2v) is 4.58. The van der Waals surface area contributed by atoms with Gasteiger partial charge in [0.05, 0.1) is 18.7 Å². The van der Waals surface area contributed by atoms with Crippen molar-refractivity contribution in [2.24, 2.45) is 0 Å². The highest BCUT2D eigenvalue weighted by molar-refractivity contribution is 7.60. The van der Waals surface area contributed by atoms with Crippen LogP contribution < -0.4 is 11.0 Å². The van der Waals surface area contributed by atoms with Gasteiger partial charge in [0, 0.05) is 0 Å². The highest BCUT2D eigenvalue weighted by atomic mass is 31.2. The molecule has 0 fully saturated rings. The number of hydrogen-bond acceptors (Lipinski definition) is 5. The molecular weight excluding hydrogens is 233 g/mol. The van der Waals surface area contributed by atoms with Gasteiger partial charge < -0.3 is 19.9 Å². The zero-order valence-corrected chi connectivity index (χ0v) is 8.83. The van der Waals surface area contributed by atoms with Gasteiger partial charge in [0.2, 0.25) is 0 Å². The summed E-state index contributed by atoms with van der Waals surface area (Å²) in [5, 5.41) is -0.229. The molecule has 0 aliphatic carbocycles. The summed E-state index contributed by atoms with van der Waals surface area (Å²) < 4.78 is 16.1. The molecule has 0 amide bonds. The molecule has 0 aromatic carbocycles. The number of nitrogens with zero attached hydrogens (tertiary/aromatic N) is 2. The van der Waals surface area contributed by atoms with E-state index in [9.17, 15) is 4.57 Å². The summed E-state index contributed by atoms with van der Waals surface area (Å²) in [5.74, 6) is 0.124. The molecule has 0 unspecified atom stereocenters. The molecule has 0 radical (unpaired) electrons. The van der Waals surface area contributed by atoms with Gasteiger partial charge in [-0.15, -0.1) is 0 Å². The van der Waals surface area contributed by atoms with E-state index >= 15 is 0 Å². The molecule has 0 saturated heterocycles. The normalized spacial score (nSPS) is 11.6. The monoisotopic (exact) mass is 241 g/mol. The Morgan fingerprint density at radius 3 is 2.75 bits per heavy atom. The third-order valence-electron chi connectivity index (χ3n) is 1.84. The molecule has 4 N–H and O–H groups in total. The van der Waals surface area contributed by atoms with Gasteiger partial charge in [-0.3, -0.25) is 9.55 Å². The van der Waals surface area contributed by atoms with Crippen LogP contribution in [0.2, 0.25) is 0 Å². The zero-order chi connectivity index (χ0) is 11.8. The number of nitrogens with two attached hydrogens (primary N) is 1. The number of rotatable bonds is 2. The average Bonchev–Trinajstić information content (AvgIpc) is 2.65. The summed E-state index contributed by atoms with van der Waals surface area (Å²) in [6.45, 7) is 0. The second kappa shape index (κ2) is 3.71. The molecule has 0 aliphatic rings. The van der Waals surface area contributed by atoms with Crippen LogP contribution in [0.1, 0.15) is 0 Å². The van der Waals surface area contributed by atoms with E-state index in [-0.39, 0.29) is 22.6 Å². The number of anilines is 1. The van der Waals surface area contributed by atoms with E-state index in [2.05, 4.69) is 9.97 Å². The van der Waals surface area contributed by atoms with Crippen molar-refractivity contribution in [3.05, 3.63) is 24.7 Å². The number of furan rings is 1. The van der Waals surface area contributed by atoms with Crippen molar-refractivity contribution in [1.82, 2.24) is 9.97 Å². The summed E-state index contributed by atoms with van der Waals surface area (Å²) in [6, 6.07) is 1.20. The summed E-state index contributed by atoms with van der Waals surface area (Å²) in [5.41, 5.74) is 5.60. The minimum absolute atomic E-state index is 0.0202. The van der Waals surface area contributed by atoms with E-state index in [0.29, 0.717) is 0 Å². The lowest BCUT2D eigenvalue weighted by molar-refractivity contribution is 0.387. The Balaban J connectivity index is 2.58. The first-order valence-electron chi connectivity index (χ1n) is 4.20. The molecule has 2 aromatic rings. The fourth-order valence-electron chi connectivity index (χ4n) is 1.21. The van der Waals surface area contributed by atoms with Crippen LogP contribution in [-0.2, 0) is 4.57 Å². The maximum Gasteiger partial charge on any atom is 0.360 e. The number of hydrogen-bond donors (Lipinski definition) is 3. The first-order valence-corrected chi connectivity index (χ1v) is 5.81. The molecule has 2 aromatic heterocycles. The van der Waals surface area contributed by atoms with E-state index in [1.165, 1.54) is 24.7 Å². The van der Waals surface area contributed by atoms with Crippen molar-refractivity contribution in [3.8, 4) is 11.5 Å². The van der Waals surface area contributed by atoms with Gasteiger partial charge in [0.15, 0.2) is 5.76 Å². The van der Waals surface area contributed by atoms with Gasteiger partial charge in [0.1, 0.15) is 16.8 Å². The van der Waals surface area contributed by atoms with Crippen molar-refractivity contribution in [2.75, 3.05) is 5.73 Å². The van der Waals surface area contributed by atoms with Crippen LogP contribution in [0.5, 0.6) is 0 Å². The van der Waals surface area contributed by atoms with Crippen molar-refractivity contribution < 1.29 is 18.8 Å². The predicted octanol–water partition coefficient (Wildman–Crippen LogP) is 0.122. The first-order chi connectivity index (χ1) is 7.48. The number of nitrogen functional groups attached to an aromatic ring is 1. The summed E-state index contributed by atoms with van der Waals surface area (Å²) >= 11 is 0. The Hall–Kier alpha value is -1.69. The van der Waals surface area contributed by atoms with E-state index in [0.717, 1.165) is 0 Å². The third-order valence-corrected chi connectivity index (χ3v) is 2.82. The van der Waals surface area contributed by atoms with Gasteiger partial charge in [-0.1, -0.05) is 0 Å². The van der Waals surface area contributed by atoms with Crippen LogP contribution >= 0.6 is 7.60 Å². The standard InChI is InChI=1S/C8H8N3O4P/c9-7-4-10-3-5(11-7)8-6(1-2-15-8)16(12,13)14/h1-4H,(H2,9,11)(H2,12,13,14). The lowest BCUT2D eigenvalue weighted by atomic mass is 10.3. The largest absolute Gasteiger partial charge is 0.462 e. The van der Waals surface area contributed by atoms with Gasteiger partial charge >= 0.3 is 7.60 Å². The SMILES string of the molecule is Nc1cncc(-c2occc2P(=O)(O)O)n1. The molecule has 8 heteroatoms. The zero-order valence-electron chi connectivity index (χ0n) is 7.94. The molecule has 2 heterocycles. The van der Waals surface area contributed by atoms with Crippen LogP contribution in [0.15, 0.2) is 29.1 Å². The van der Waals surface area contributed by atoms with Crippen molar-refractivity contribution in [1.29, 1.82) is 0 Å². The minimum atomic E-state index is -4.39. The highest BCUT2D eigenvalue weighted by Crippen LogP contribution is 2.37. The Kier molecular flexibility index (Phi) is 2.51. The Bertz CT molecular complexity index is 562. The van der Waals surface area contributed by atoms with Gasteiger partial charge in [-0.05, 0) is 6.07 Å². The Morgan fingerprint density at radius 2 is 2.12 bits per heavy atom. The maximum absolute atomic E-state index is 11.1. The maximum atomic E-state index is 11.1. The van der Waals surface area contributed by atoms with Crippen molar-refractivity contribution in [2.45, 2.75) is 0 Å². The molecule has 2 rings (SSSR count). The van der Waals surface area contributed by atoms with Crippen LogP contribution in [-0.4, -0.2) is 19.8 Å². The van der Waals surface area contributed by atoms with Gasteiger partial charge in [-0.2, -0.15) is 0 Å². The fraction of sp³-hybridized carbons (Fsp3) is 0. The Labute approximate surface area is 90.1 Å². The lowest BCUT2D eigenvalue weighted by Gasteiger charge is -2.03. The van der Waals surface area contributed by atoms with Crippen LogP contribution in [0.25, 0.3) is 11.5 Å². The minimum Gasteiger partial charge on any atom is -0.462 e. The molecule has 0 spiro atoms. The number of aromatic nitrogens is 2. The van der Waals surface area contributed by atoms with E-state index in [1.807, 2.05) is 0 Å². The molecule has 0 atom stereocenters. The van der Waals surface area contributed by atoms with E-state index in [4.69, 9.17) is 19.9 Å². The van der Waals surface area contributed by atoms with Gasteiger partial charge in [-0.25, -0.2) is 4.98 Å². The van der Waals surface area contributed by atoms with Crippen molar-refractivity contribution >= 4 is 18.7 Å². The third kappa shape index (κ3) is 1.96. The molecule has 0 bridgehead atoms. The molecule has 0 aliphatic heterocycles. The average molecular weight is 241 g/mol. The lowest BCUT2D eigenvalue weighted by Crippen LogP contribution is -2.05. The smallest absolute Gasteiger partial charge is 0.360 e. The molecule has 84 valence electrons. The predicted molar refractivity (Wildman–Crippen MR) is 55.8 cm³/mol.